The average molecular weight is 431 g/mol. The topological polar surface area (TPSA) is 49.7 Å². The van der Waals surface area contributed by atoms with Crippen LogP contribution in [0.4, 0.5) is 0 Å². The van der Waals surface area contributed by atoms with Crippen molar-refractivity contribution in [3.63, 3.8) is 0 Å². The molecule has 158 valence electrons. The first-order valence-electron chi connectivity index (χ1n) is 11.2. The summed E-state index contributed by atoms with van der Waals surface area (Å²) in [6.07, 6.45) is 7.39. The fraction of sp³-hybridized carbons (Fsp3) is 0.346. The first-order chi connectivity index (χ1) is 15.2. The highest BCUT2D eigenvalue weighted by Crippen LogP contribution is 2.48. The second-order valence-corrected chi connectivity index (χ2v) is 9.33. The van der Waals surface area contributed by atoms with Crippen molar-refractivity contribution in [2.45, 2.75) is 51.5 Å². The Morgan fingerprint density at radius 1 is 0.968 bits per heavy atom. The Balaban J connectivity index is 1.46. The van der Waals surface area contributed by atoms with Gasteiger partial charge in [0, 0.05) is 11.1 Å². The summed E-state index contributed by atoms with van der Waals surface area (Å²) in [5.74, 6) is 0.383. The molecule has 2 heterocycles. The van der Waals surface area contributed by atoms with E-state index in [1.165, 1.54) is 49.4 Å². The molecule has 1 atom stereocenters. The third kappa shape index (κ3) is 3.55. The van der Waals surface area contributed by atoms with Crippen LogP contribution in [0.3, 0.4) is 0 Å². The zero-order valence-electron chi connectivity index (χ0n) is 17.8. The van der Waals surface area contributed by atoms with E-state index < -0.39 is 6.04 Å². The monoisotopic (exact) mass is 430 g/mol. The third-order valence-corrected chi connectivity index (χ3v) is 7.27. The summed E-state index contributed by atoms with van der Waals surface area (Å²) in [5.41, 5.74) is 5.22. The molecule has 31 heavy (non-hydrogen) atoms. The SMILES string of the molecule is CCCCCCCc1ccc([C@@H]2C3=C(N=C4SCC(=O)N42)c2ccccc2C3=O)cc1. The molecule has 0 aromatic heterocycles. The van der Waals surface area contributed by atoms with Gasteiger partial charge in [0.25, 0.3) is 0 Å². The van der Waals surface area contributed by atoms with E-state index in [9.17, 15) is 9.59 Å². The standard InChI is InChI=1S/C26H26N2O2S/c1-2-3-4-5-6-9-17-12-14-18(15-13-17)24-22-23(27-26-28(24)21(29)16-31-26)19-10-7-8-11-20(19)25(22)30/h7-8,10-15,24H,2-6,9,16H2,1H3/t24-/m1/s1. The molecule has 0 radical (unpaired) electrons. The number of fused-ring (bicyclic) bond motifs is 3. The zero-order chi connectivity index (χ0) is 21.4. The number of ketones is 1. The number of aryl methyl sites for hydroxylation is 1. The Kier molecular flexibility index (Phi) is 5.53. The molecule has 1 fully saturated rings. The van der Waals surface area contributed by atoms with Gasteiger partial charge in [-0.15, -0.1) is 0 Å². The van der Waals surface area contributed by atoms with E-state index in [0.717, 1.165) is 23.2 Å². The normalized spacial score (nSPS) is 19.5. The molecule has 4 nitrogen and oxygen atoms in total. The van der Waals surface area contributed by atoms with Crippen LogP contribution < -0.4 is 0 Å². The summed E-state index contributed by atoms with van der Waals surface area (Å²) >= 11 is 1.46. The van der Waals surface area contributed by atoms with E-state index in [0.29, 0.717) is 22.1 Å². The van der Waals surface area contributed by atoms with Crippen LogP contribution in [0.2, 0.25) is 0 Å². The van der Waals surface area contributed by atoms with Crippen molar-refractivity contribution in [3.8, 4) is 0 Å². The minimum atomic E-state index is -0.400. The van der Waals surface area contributed by atoms with E-state index in [1.54, 1.807) is 4.90 Å². The number of nitrogens with zero attached hydrogens (tertiary/aromatic N) is 2. The van der Waals surface area contributed by atoms with Crippen LogP contribution in [0.5, 0.6) is 0 Å². The number of unbranched alkanes of at least 4 members (excludes halogenated alkanes) is 4. The summed E-state index contributed by atoms with van der Waals surface area (Å²) in [4.78, 5) is 32.6. The maximum absolute atomic E-state index is 13.3. The minimum Gasteiger partial charge on any atom is -0.289 e. The Labute approximate surface area is 187 Å². The van der Waals surface area contributed by atoms with Crippen LogP contribution in [-0.2, 0) is 11.2 Å². The molecule has 0 spiro atoms. The van der Waals surface area contributed by atoms with Crippen molar-refractivity contribution < 1.29 is 9.59 Å². The van der Waals surface area contributed by atoms with E-state index in [2.05, 4.69) is 31.2 Å². The Bertz CT molecular complexity index is 1100. The molecule has 0 bridgehead atoms. The molecule has 1 amide bonds. The van der Waals surface area contributed by atoms with Crippen molar-refractivity contribution in [2.75, 3.05) is 5.75 Å². The number of hydrogen-bond acceptors (Lipinski definition) is 4. The lowest BCUT2D eigenvalue weighted by molar-refractivity contribution is -0.125. The van der Waals surface area contributed by atoms with Gasteiger partial charge in [-0.1, -0.05) is 92.9 Å². The van der Waals surface area contributed by atoms with Crippen LogP contribution in [0.1, 0.15) is 72.1 Å². The third-order valence-electron chi connectivity index (χ3n) is 6.33. The average Bonchev–Trinajstić information content (AvgIpc) is 3.31. The van der Waals surface area contributed by atoms with Crippen LogP contribution >= 0.6 is 11.8 Å². The van der Waals surface area contributed by atoms with Crippen molar-refractivity contribution >= 4 is 34.3 Å². The number of amidine groups is 1. The van der Waals surface area contributed by atoms with Gasteiger partial charge in [0.05, 0.1) is 23.1 Å². The number of hydrogen-bond donors (Lipinski definition) is 0. The molecule has 1 aliphatic carbocycles. The molecule has 5 rings (SSSR count). The lowest BCUT2D eigenvalue weighted by Gasteiger charge is -2.32. The van der Waals surface area contributed by atoms with Gasteiger partial charge >= 0.3 is 0 Å². The van der Waals surface area contributed by atoms with Crippen LogP contribution in [0.15, 0.2) is 59.1 Å². The molecule has 0 unspecified atom stereocenters. The molecular weight excluding hydrogens is 404 g/mol. The Morgan fingerprint density at radius 3 is 2.48 bits per heavy atom. The van der Waals surface area contributed by atoms with Gasteiger partial charge in [0.1, 0.15) is 0 Å². The molecule has 0 N–H and O–H groups in total. The van der Waals surface area contributed by atoms with Crippen molar-refractivity contribution in [2.24, 2.45) is 4.99 Å². The molecule has 0 saturated carbocycles. The van der Waals surface area contributed by atoms with E-state index in [4.69, 9.17) is 4.99 Å². The molecular formula is C26H26N2O2S. The lowest BCUT2D eigenvalue weighted by atomic mass is 9.92. The molecule has 2 aromatic carbocycles. The smallest absolute Gasteiger partial charge is 0.239 e. The number of amides is 1. The number of Topliss-reactive ketones (excluding diaryl/α,β-unsaturated/α-hetero) is 1. The second kappa shape index (κ2) is 8.46. The van der Waals surface area contributed by atoms with Crippen LogP contribution in [-0.4, -0.2) is 27.5 Å². The maximum Gasteiger partial charge on any atom is 0.239 e. The number of thioether (sulfide) groups is 1. The van der Waals surface area contributed by atoms with Gasteiger partial charge in [-0.25, -0.2) is 4.99 Å². The van der Waals surface area contributed by atoms with Gasteiger partial charge in [-0.2, -0.15) is 0 Å². The Hall–Kier alpha value is -2.66. The fourth-order valence-corrected chi connectivity index (χ4v) is 5.61. The van der Waals surface area contributed by atoms with Gasteiger partial charge in [0.2, 0.25) is 5.91 Å². The molecule has 3 aliphatic rings. The molecule has 2 aromatic rings. The Morgan fingerprint density at radius 2 is 1.71 bits per heavy atom. The molecule has 1 saturated heterocycles. The summed E-state index contributed by atoms with van der Waals surface area (Å²) < 4.78 is 0. The number of carbonyl (C=O) groups excluding carboxylic acids is 2. The predicted octanol–water partition coefficient (Wildman–Crippen LogP) is 5.79. The fourth-order valence-electron chi connectivity index (χ4n) is 4.71. The van der Waals surface area contributed by atoms with Gasteiger partial charge in [-0.05, 0) is 24.0 Å². The van der Waals surface area contributed by atoms with Crippen LogP contribution in [0.25, 0.3) is 5.70 Å². The summed E-state index contributed by atoms with van der Waals surface area (Å²) in [7, 11) is 0. The van der Waals surface area contributed by atoms with E-state index >= 15 is 0 Å². The molecule has 5 heteroatoms. The number of benzene rings is 2. The second-order valence-electron chi connectivity index (χ2n) is 8.39. The highest BCUT2D eigenvalue weighted by Gasteiger charge is 2.46. The first kappa shape index (κ1) is 20.3. The van der Waals surface area contributed by atoms with Gasteiger partial charge < -0.3 is 0 Å². The number of aliphatic imine (C=N–C) groups is 1. The highest BCUT2D eigenvalue weighted by molar-refractivity contribution is 8.15. The van der Waals surface area contributed by atoms with Crippen LogP contribution in [0, 0.1) is 0 Å². The summed E-state index contributed by atoms with van der Waals surface area (Å²) in [6, 6.07) is 15.7. The number of rotatable bonds is 7. The largest absolute Gasteiger partial charge is 0.289 e. The van der Waals surface area contributed by atoms with Crippen molar-refractivity contribution in [1.29, 1.82) is 0 Å². The summed E-state index contributed by atoms with van der Waals surface area (Å²) in [5, 5.41) is 0.707. The molecule has 2 aliphatic heterocycles. The number of carbonyl (C=O) groups is 2. The minimum absolute atomic E-state index is 0.0110. The summed E-state index contributed by atoms with van der Waals surface area (Å²) in [6.45, 7) is 2.23. The lowest BCUT2D eigenvalue weighted by Crippen LogP contribution is -2.38. The predicted molar refractivity (Wildman–Crippen MR) is 126 cm³/mol. The maximum atomic E-state index is 13.3. The first-order valence-corrected chi connectivity index (χ1v) is 12.2. The zero-order valence-corrected chi connectivity index (χ0v) is 18.6. The highest BCUT2D eigenvalue weighted by atomic mass is 32.2. The van der Waals surface area contributed by atoms with Crippen molar-refractivity contribution in [3.05, 3.63) is 76.4 Å². The van der Waals surface area contributed by atoms with Crippen molar-refractivity contribution in [1.82, 2.24) is 4.90 Å². The quantitative estimate of drug-likeness (QED) is 0.522. The van der Waals surface area contributed by atoms with E-state index in [-0.39, 0.29) is 11.7 Å². The van der Waals surface area contributed by atoms with E-state index in [1.807, 2.05) is 24.3 Å². The van der Waals surface area contributed by atoms with Gasteiger partial charge in [0.15, 0.2) is 11.0 Å². The van der Waals surface area contributed by atoms with Gasteiger partial charge in [-0.3, -0.25) is 14.5 Å².